The van der Waals surface area contributed by atoms with Gasteiger partial charge in [0.05, 0.1) is 18.7 Å². The molecule has 3 aromatic carbocycles. The first kappa shape index (κ1) is 16.6. The molecule has 2 nitrogen and oxygen atoms in total. The molecule has 2 heteroatoms. The van der Waals surface area contributed by atoms with E-state index in [1.165, 1.54) is 39.1 Å². The fourth-order valence-electron chi connectivity index (χ4n) is 3.90. The molecule has 0 bridgehead atoms. The van der Waals surface area contributed by atoms with Gasteiger partial charge in [0.15, 0.2) is 11.0 Å². The lowest BCUT2D eigenvalue weighted by molar-refractivity contribution is -0.634. The summed E-state index contributed by atoms with van der Waals surface area (Å²) in [5.41, 5.74) is 7.66. The van der Waals surface area contributed by atoms with Crippen LogP contribution in [0.15, 0.2) is 72.8 Å². The van der Waals surface area contributed by atoms with Gasteiger partial charge in [0.1, 0.15) is 0 Å². The van der Waals surface area contributed by atoms with Crippen molar-refractivity contribution in [2.75, 3.05) is 0 Å². The Balaban J connectivity index is 1.94. The average molecular weight is 341 g/mol. The van der Waals surface area contributed by atoms with Crippen molar-refractivity contribution < 1.29 is 4.57 Å². The molecule has 0 amide bonds. The summed E-state index contributed by atoms with van der Waals surface area (Å²) in [7, 11) is 2.17. The van der Waals surface area contributed by atoms with Crippen LogP contribution >= 0.6 is 0 Å². The Morgan fingerprint density at radius 2 is 1.50 bits per heavy atom. The Bertz CT molecular complexity index is 1070. The van der Waals surface area contributed by atoms with E-state index in [9.17, 15) is 0 Å². The first-order valence-electron chi connectivity index (χ1n) is 9.23. The molecule has 0 atom stereocenters. The molecule has 26 heavy (non-hydrogen) atoms. The molecule has 0 radical (unpaired) electrons. The van der Waals surface area contributed by atoms with Crippen LogP contribution in [0, 0.1) is 6.92 Å². The number of fused-ring (bicyclic) bond motifs is 1. The summed E-state index contributed by atoms with van der Waals surface area (Å²) in [5.74, 6) is 1.26. The van der Waals surface area contributed by atoms with Crippen LogP contribution in [0.2, 0.25) is 0 Å². The number of hydrogen-bond acceptors (Lipinski definition) is 0. The van der Waals surface area contributed by atoms with Crippen molar-refractivity contribution in [2.24, 2.45) is 7.05 Å². The predicted molar refractivity (Wildman–Crippen MR) is 109 cm³/mol. The second-order valence-corrected chi connectivity index (χ2v) is 7.23. The molecule has 130 valence electrons. The highest BCUT2D eigenvalue weighted by Gasteiger charge is 2.26. The lowest BCUT2D eigenvalue weighted by Crippen LogP contribution is -2.30. The van der Waals surface area contributed by atoms with Gasteiger partial charge in [-0.1, -0.05) is 54.6 Å². The van der Waals surface area contributed by atoms with Crippen molar-refractivity contribution >= 4 is 11.0 Å². The van der Waals surface area contributed by atoms with Crippen LogP contribution in [-0.2, 0) is 7.05 Å². The van der Waals surface area contributed by atoms with E-state index >= 15 is 0 Å². The maximum atomic E-state index is 2.44. The van der Waals surface area contributed by atoms with Gasteiger partial charge in [-0.15, -0.1) is 0 Å². The van der Waals surface area contributed by atoms with E-state index in [4.69, 9.17) is 0 Å². The largest absolute Gasteiger partial charge is 0.290 e. The molecule has 0 saturated carbocycles. The van der Waals surface area contributed by atoms with E-state index < -0.39 is 0 Å². The fraction of sp³-hybridized carbons (Fsp3) is 0.208. The predicted octanol–water partition coefficient (Wildman–Crippen LogP) is 5.69. The maximum Gasteiger partial charge on any atom is 0.290 e. The number of aromatic nitrogens is 2. The summed E-state index contributed by atoms with van der Waals surface area (Å²) in [6.45, 7) is 6.72. The molecule has 0 saturated heterocycles. The van der Waals surface area contributed by atoms with Crippen molar-refractivity contribution in [2.45, 2.75) is 26.8 Å². The molecular formula is C24H25N2+. The molecular weight excluding hydrogens is 316 g/mol. The molecule has 0 spiro atoms. The lowest BCUT2D eigenvalue weighted by atomic mass is 9.99. The number of aryl methyl sites for hydroxylation is 2. The molecule has 1 heterocycles. The molecule has 0 aliphatic heterocycles. The average Bonchev–Trinajstić information content (AvgIpc) is 2.95. The minimum Gasteiger partial charge on any atom is -0.226 e. The van der Waals surface area contributed by atoms with Crippen LogP contribution < -0.4 is 4.57 Å². The Kier molecular flexibility index (Phi) is 4.12. The van der Waals surface area contributed by atoms with Crippen LogP contribution in [0.25, 0.3) is 33.5 Å². The summed E-state index contributed by atoms with van der Waals surface area (Å²) in [5, 5.41) is 0. The maximum absolute atomic E-state index is 2.44. The van der Waals surface area contributed by atoms with Gasteiger partial charge in [0.2, 0.25) is 0 Å². The number of nitrogens with zero attached hydrogens (tertiary/aromatic N) is 2. The third kappa shape index (κ3) is 2.62. The molecule has 0 aliphatic carbocycles. The van der Waals surface area contributed by atoms with E-state index in [0.29, 0.717) is 6.04 Å². The minimum absolute atomic E-state index is 0.393. The topological polar surface area (TPSA) is 8.81 Å². The van der Waals surface area contributed by atoms with E-state index in [2.05, 4.69) is 110 Å². The van der Waals surface area contributed by atoms with Crippen LogP contribution in [-0.4, -0.2) is 4.57 Å². The van der Waals surface area contributed by atoms with E-state index in [1.807, 2.05) is 0 Å². The molecule has 1 aromatic heterocycles. The smallest absolute Gasteiger partial charge is 0.226 e. The summed E-state index contributed by atoms with van der Waals surface area (Å²) in [6.07, 6.45) is 0. The lowest BCUT2D eigenvalue weighted by Gasteiger charge is -2.10. The monoisotopic (exact) mass is 341 g/mol. The van der Waals surface area contributed by atoms with E-state index in [0.717, 1.165) is 0 Å². The highest BCUT2D eigenvalue weighted by atomic mass is 15.2. The Morgan fingerprint density at radius 3 is 2.19 bits per heavy atom. The molecule has 4 aromatic rings. The van der Waals surface area contributed by atoms with Crippen molar-refractivity contribution in [3.8, 4) is 22.5 Å². The van der Waals surface area contributed by atoms with Gasteiger partial charge < -0.3 is 0 Å². The van der Waals surface area contributed by atoms with Crippen molar-refractivity contribution in [1.29, 1.82) is 0 Å². The van der Waals surface area contributed by atoms with Gasteiger partial charge in [-0.3, -0.25) is 0 Å². The van der Waals surface area contributed by atoms with Crippen LogP contribution in [0.3, 0.4) is 0 Å². The minimum atomic E-state index is 0.393. The number of rotatable bonds is 3. The van der Waals surface area contributed by atoms with Gasteiger partial charge in [0.25, 0.3) is 5.82 Å². The number of para-hydroxylation sites is 2. The molecule has 0 aliphatic rings. The third-order valence-corrected chi connectivity index (χ3v) is 5.14. The highest BCUT2D eigenvalue weighted by molar-refractivity contribution is 5.78. The van der Waals surface area contributed by atoms with Gasteiger partial charge >= 0.3 is 0 Å². The van der Waals surface area contributed by atoms with Gasteiger partial charge in [-0.2, -0.15) is 0 Å². The Labute approximate surface area is 155 Å². The first-order chi connectivity index (χ1) is 12.6. The quantitative estimate of drug-likeness (QED) is 0.423. The van der Waals surface area contributed by atoms with Gasteiger partial charge in [-0.25, -0.2) is 9.13 Å². The zero-order chi connectivity index (χ0) is 18.3. The fourth-order valence-corrected chi connectivity index (χ4v) is 3.90. The summed E-state index contributed by atoms with van der Waals surface area (Å²) in [6, 6.07) is 26.4. The third-order valence-electron chi connectivity index (χ3n) is 5.14. The number of benzene rings is 3. The second-order valence-electron chi connectivity index (χ2n) is 7.23. The summed E-state index contributed by atoms with van der Waals surface area (Å²) < 4.78 is 4.76. The number of imidazole rings is 1. The summed E-state index contributed by atoms with van der Waals surface area (Å²) >= 11 is 0. The highest BCUT2D eigenvalue weighted by Crippen LogP contribution is 2.31. The van der Waals surface area contributed by atoms with E-state index in [-0.39, 0.29) is 0 Å². The van der Waals surface area contributed by atoms with Gasteiger partial charge in [-0.05, 0) is 55.7 Å². The van der Waals surface area contributed by atoms with Crippen LogP contribution in [0.1, 0.15) is 25.5 Å². The SMILES string of the molecule is Cc1cc(-c2ccccc2)ccc1-c1n(C(C)C)c2ccccc2[n+]1C. The zero-order valence-electron chi connectivity index (χ0n) is 15.9. The summed E-state index contributed by atoms with van der Waals surface area (Å²) in [4.78, 5) is 0. The molecule has 4 rings (SSSR count). The van der Waals surface area contributed by atoms with Crippen molar-refractivity contribution in [3.05, 3.63) is 78.4 Å². The first-order valence-corrected chi connectivity index (χ1v) is 9.23. The number of hydrogen-bond donors (Lipinski definition) is 0. The van der Waals surface area contributed by atoms with E-state index in [1.54, 1.807) is 0 Å². The van der Waals surface area contributed by atoms with Crippen molar-refractivity contribution in [3.63, 3.8) is 0 Å². The Hall–Kier alpha value is -2.87. The normalized spacial score (nSPS) is 11.4. The Morgan fingerprint density at radius 1 is 0.808 bits per heavy atom. The molecule has 0 fully saturated rings. The van der Waals surface area contributed by atoms with Crippen LogP contribution in [0.5, 0.6) is 0 Å². The van der Waals surface area contributed by atoms with Gasteiger partial charge in [0, 0.05) is 0 Å². The van der Waals surface area contributed by atoms with Crippen molar-refractivity contribution in [1.82, 2.24) is 4.57 Å². The zero-order valence-corrected chi connectivity index (χ0v) is 15.9. The second kappa shape index (κ2) is 6.45. The molecule has 0 N–H and O–H groups in total. The van der Waals surface area contributed by atoms with Crippen LogP contribution in [0.4, 0.5) is 0 Å². The standard InChI is InChI=1S/C24H25N2/c1-17(2)26-23-13-9-8-12-22(23)25(4)24(26)21-15-14-20(16-18(21)3)19-10-6-5-7-11-19/h5-17H,1-4H3/q+1. The molecule has 0 unspecified atom stereocenters.